The van der Waals surface area contributed by atoms with Crippen LogP contribution in [-0.2, 0) is 5.41 Å². The van der Waals surface area contributed by atoms with Crippen molar-refractivity contribution >= 4 is 0 Å². The van der Waals surface area contributed by atoms with E-state index in [9.17, 15) is 0 Å². The zero-order valence-corrected chi connectivity index (χ0v) is 36.3. The van der Waals surface area contributed by atoms with Crippen LogP contribution in [0.2, 0.25) is 0 Å². The molecule has 0 radical (unpaired) electrons. The van der Waals surface area contributed by atoms with E-state index in [2.05, 4.69) is 208 Å². The van der Waals surface area contributed by atoms with Gasteiger partial charge in [0.15, 0.2) is 5.82 Å². The molecule has 0 saturated heterocycles. The summed E-state index contributed by atoms with van der Waals surface area (Å²) in [5.41, 5.74) is 26.1. The van der Waals surface area contributed by atoms with E-state index in [0.29, 0.717) is 0 Å². The minimum absolute atomic E-state index is 0.142. The zero-order chi connectivity index (χ0) is 43.2. The number of benzene rings is 9. The highest BCUT2D eigenvalue weighted by Gasteiger charge is 2.38. The van der Waals surface area contributed by atoms with E-state index >= 15 is 0 Å². The minimum atomic E-state index is -0.218. The first-order valence-electron chi connectivity index (χ1n) is 22.8. The number of fused-ring (bicyclic) bond motifs is 9. The number of nitrogens with zero attached hydrogens (tertiary/aromatic N) is 2. The molecule has 0 spiro atoms. The molecule has 9 aromatic carbocycles. The lowest BCUT2D eigenvalue weighted by Crippen LogP contribution is -2.16. The van der Waals surface area contributed by atoms with Crippen LogP contribution in [0.15, 0.2) is 218 Å². The van der Waals surface area contributed by atoms with Crippen molar-refractivity contribution in [2.75, 3.05) is 0 Å². The normalized spacial score (nSPS) is 15.7. The number of aromatic nitrogens is 2. The highest BCUT2D eigenvalue weighted by atomic mass is 14.9. The van der Waals surface area contributed by atoms with Crippen LogP contribution in [0.1, 0.15) is 70.2 Å². The van der Waals surface area contributed by atoms with E-state index in [4.69, 9.17) is 9.97 Å². The van der Waals surface area contributed by atoms with Crippen molar-refractivity contribution in [1.82, 2.24) is 9.97 Å². The van der Waals surface area contributed by atoms with E-state index in [1.165, 1.54) is 89.0 Å². The highest BCUT2D eigenvalue weighted by molar-refractivity contribution is 5.89. The quantitative estimate of drug-likeness (QED) is 0.167. The Bertz CT molecular complexity index is 3450. The van der Waals surface area contributed by atoms with Crippen molar-refractivity contribution in [3.05, 3.63) is 263 Å². The van der Waals surface area contributed by atoms with Crippen molar-refractivity contribution in [3.8, 4) is 78.4 Å². The Hall–Kier alpha value is -7.94. The summed E-state index contributed by atoms with van der Waals surface area (Å²) in [5, 5.41) is 0. The largest absolute Gasteiger partial charge is 0.228 e. The van der Waals surface area contributed by atoms with Gasteiger partial charge in [-0.3, -0.25) is 0 Å². The Balaban J connectivity index is 0.864. The molecule has 2 heteroatoms. The van der Waals surface area contributed by atoms with Crippen molar-refractivity contribution in [1.29, 1.82) is 0 Å². The molecule has 1 heterocycles. The molecular formula is C63H44N2. The summed E-state index contributed by atoms with van der Waals surface area (Å²) in [6.45, 7) is 4.77. The molecule has 3 aliphatic carbocycles. The predicted octanol–water partition coefficient (Wildman–Crippen LogP) is 15.8. The Kier molecular flexibility index (Phi) is 8.42. The molecular weight excluding hydrogens is 785 g/mol. The molecule has 0 saturated carbocycles. The van der Waals surface area contributed by atoms with Gasteiger partial charge in [0.2, 0.25) is 0 Å². The molecule has 10 aromatic rings. The van der Waals surface area contributed by atoms with Crippen LogP contribution >= 0.6 is 0 Å². The third-order valence-corrected chi connectivity index (χ3v) is 14.5. The number of rotatable bonds is 6. The van der Waals surface area contributed by atoms with Crippen LogP contribution in [-0.4, -0.2) is 9.97 Å². The lowest BCUT2D eigenvalue weighted by molar-refractivity contribution is 0.659. The van der Waals surface area contributed by atoms with Crippen LogP contribution in [0.3, 0.4) is 0 Å². The summed E-state index contributed by atoms with van der Waals surface area (Å²) >= 11 is 0. The van der Waals surface area contributed by atoms with Gasteiger partial charge in [-0.05, 0) is 113 Å². The van der Waals surface area contributed by atoms with Gasteiger partial charge in [0, 0.05) is 33.9 Å². The number of hydrogen-bond acceptors (Lipinski definition) is 2. The maximum absolute atomic E-state index is 5.18. The first kappa shape index (κ1) is 37.6. The molecule has 306 valence electrons. The summed E-state index contributed by atoms with van der Waals surface area (Å²) in [5.74, 6) is 1.12. The smallest absolute Gasteiger partial charge is 0.160 e. The third-order valence-electron chi connectivity index (χ3n) is 14.5. The van der Waals surface area contributed by atoms with Gasteiger partial charge in [-0.25, -0.2) is 9.97 Å². The molecule has 0 amide bonds. The molecule has 0 bridgehead atoms. The zero-order valence-electron chi connectivity index (χ0n) is 36.3. The van der Waals surface area contributed by atoms with Crippen LogP contribution in [0.25, 0.3) is 78.4 Å². The van der Waals surface area contributed by atoms with Gasteiger partial charge in [-0.15, -0.1) is 0 Å². The molecule has 1 aromatic heterocycles. The van der Waals surface area contributed by atoms with Gasteiger partial charge in [0.25, 0.3) is 0 Å². The highest BCUT2D eigenvalue weighted by Crippen LogP contribution is 2.55. The van der Waals surface area contributed by atoms with Gasteiger partial charge >= 0.3 is 0 Å². The average molecular weight is 829 g/mol. The summed E-state index contributed by atoms with van der Waals surface area (Å²) in [4.78, 5) is 10.2. The van der Waals surface area contributed by atoms with E-state index in [-0.39, 0.29) is 17.3 Å². The van der Waals surface area contributed by atoms with Gasteiger partial charge in [0.05, 0.1) is 11.4 Å². The summed E-state index contributed by atoms with van der Waals surface area (Å²) in [6, 6.07) is 80.3. The molecule has 2 nitrogen and oxygen atoms in total. The number of hydrogen-bond donors (Lipinski definition) is 0. The standard InChI is InChI=1S/C63H44N2/c1-63(2)56-36-44(59-38-58(39-16-6-3-7-17-39)64-62(65-59)41-20-10-5-11-21-41)28-30-48(56)49-31-29-45(37-57(49)63)61-51-25-15-13-23-47(51)55-35-43(27-33-53(55)61)42-26-32-52-54(34-42)46-22-12-14-24-50(46)60(52)40-18-8-4-9-19-40/h3-38,60-61H,1-2H3. The topological polar surface area (TPSA) is 25.8 Å². The second-order valence-electron chi connectivity index (χ2n) is 18.4. The fourth-order valence-corrected chi connectivity index (χ4v) is 11.3. The average Bonchev–Trinajstić information content (AvgIpc) is 3.96. The Morgan fingerprint density at radius 3 is 1.38 bits per heavy atom. The Morgan fingerprint density at radius 1 is 0.308 bits per heavy atom. The second-order valence-corrected chi connectivity index (χ2v) is 18.4. The Morgan fingerprint density at radius 2 is 0.769 bits per heavy atom. The molecule has 0 fully saturated rings. The molecule has 13 rings (SSSR count). The molecule has 2 unspecified atom stereocenters. The van der Waals surface area contributed by atoms with Crippen molar-refractivity contribution in [3.63, 3.8) is 0 Å². The van der Waals surface area contributed by atoms with Gasteiger partial charge < -0.3 is 0 Å². The van der Waals surface area contributed by atoms with Gasteiger partial charge in [-0.1, -0.05) is 208 Å². The second kappa shape index (κ2) is 14.6. The van der Waals surface area contributed by atoms with E-state index < -0.39 is 0 Å². The third kappa shape index (κ3) is 5.94. The van der Waals surface area contributed by atoms with Gasteiger partial charge in [-0.2, -0.15) is 0 Å². The molecule has 0 N–H and O–H groups in total. The molecule has 0 aliphatic heterocycles. The lowest BCUT2D eigenvalue weighted by atomic mass is 9.79. The SMILES string of the molecule is CC1(C)c2cc(-c3cc(-c4ccccc4)nc(-c4ccccc4)n3)ccc2-c2ccc(C3c4ccccc4-c4cc(-c5ccc6c(c5)-c5ccccc5C6c5ccccc5)ccc43)cc21. The van der Waals surface area contributed by atoms with Crippen LogP contribution in [0.4, 0.5) is 0 Å². The maximum atomic E-state index is 5.18. The fraction of sp³-hybridized carbons (Fsp3) is 0.0794. The summed E-state index contributed by atoms with van der Waals surface area (Å²) < 4.78 is 0. The Labute approximate surface area is 380 Å². The van der Waals surface area contributed by atoms with E-state index in [1.54, 1.807) is 0 Å². The van der Waals surface area contributed by atoms with Crippen molar-refractivity contribution in [2.45, 2.75) is 31.1 Å². The molecule has 2 atom stereocenters. The molecule has 65 heavy (non-hydrogen) atoms. The fourth-order valence-electron chi connectivity index (χ4n) is 11.3. The molecule has 3 aliphatic rings. The first-order valence-corrected chi connectivity index (χ1v) is 22.8. The van der Waals surface area contributed by atoms with Gasteiger partial charge in [0.1, 0.15) is 0 Å². The minimum Gasteiger partial charge on any atom is -0.228 e. The predicted molar refractivity (Wildman–Crippen MR) is 267 cm³/mol. The van der Waals surface area contributed by atoms with Crippen molar-refractivity contribution < 1.29 is 0 Å². The lowest BCUT2D eigenvalue weighted by Gasteiger charge is -2.24. The van der Waals surface area contributed by atoms with E-state index in [1.807, 2.05) is 24.3 Å². The summed E-state index contributed by atoms with van der Waals surface area (Å²) in [6.07, 6.45) is 0. The van der Waals surface area contributed by atoms with Crippen LogP contribution < -0.4 is 0 Å². The van der Waals surface area contributed by atoms with Crippen molar-refractivity contribution in [2.24, 2.45) is 0 Å². The van der Waals surface area contributed by atoms with E-state index in [0.717, 1.165) is 33.9 Å². The maximum Gasteiger partial charge on any atom is 0.160 e. The van der Waals surface area contributed by atoms with Crippen LogP contribution in [0.5, 0.6) is 0 Å². The summed E-state index contributed by atoms with van der Waals surface area (Å²) in [7, 11) is 0. The first-order chi connectivity index (χ1) is 32.0. The monoisotopic (exact) mass is 828 g/mol. The van der Waals surface area contributed by atoms with Crippen LogP contribution in [0, 0.1) is 0 Å².